The number of aryl methyl sites for hydroxylation is 2. The van der Waals surface area contributed by atoms with Crippen molar-refractivity contribution in [2.75, 3.05) is 6.54 Å². The van der Waals surface area contributed by atoms with E-state index < -0.39 is 0 Å². The van der Waals surface area contributed by atoms with Gasteiger partial charge in [-0.2, -0.15) is 0 Å². The number of nitrogens with one attached hydrogen (secondary N) is 2. The molecule has 2 rings (SSSR count). The molecule has 2 N–H and O–H groups in total. The van der Waals surface area contributed by atoms with Gasteiger partial charge in [-0.1, -0.05) is 0 Å². The molecule has 0 aromatic carbocycles. The monoisotopic (exact) mass is 437 g/mol. The Kier molecular flexibility index (Phi) is 8.12. The molecule has 0 saturated carbocycles. The van der Waals surface area contributed by atoms with Crippen molar-refractivity contribution in [3.63, 3.8) is 0 Å². The summed E-state index contributed by atoms with van der Waals surface area (Å²) in [5, 5.41) is 8.62. The number of halogens is 1. The molecular formula is C13H20IN5S2. The van der Waals surface area contributed by atoms with Crippen LogP contribution in [0.4, 0.5) is 0 Å². The minimum atomic E-state index is 0. The van der Waals surface area contributed by atoms with Crippen molar-refractivity contribution < 1.29 is 0 Å². The molecule has 0 saturated heterocycles. The van der Waals surface area contributed by atoms with Crippen LogP contribution in [0.1, 0.15) is 26.7 Å². The summed E-state index contributed by atoms with van der Waals surface area (Å²) in [5.41, 5.74) is 0. The molecule has 2 heterocycles. The smallest absolute Gasteiger partial charge is 0.192 e. The SMILES string of the molecule is CCNC(=NCc1ncc(C)s1)NCc1ncc(C)s1.I. The van der Waals surface area contributed by atoms with Gasteiger partial charge in [-0.05, 0) is 20.8 Å². The molecule has 0 fully saturated rings. The molecule has 2 aromatic heterocycles. The number of hydrogen-bond donors (Lipinski definition) is 2. The third kappa shape index (κ3) is 6.27. The molecule has 0 aliphatic carbocycles. The molecule has 0 bridgehead atoms. The van der Waals surface area contributed by atoms with E-state index in [0.717, 1.165) is 22.5 Å². The molecule has 0 amide bonds. The Morgan fingerprint density at radius 3 is 2.24 bits per heavy atom. The molecular weight excluding hydrogens is 417 g/mol. The first-order valence-electron chi connectivity index (χ1n) is 6.52. The molecule has 0 aliphatic heterocycles. The number of thiazole rings is 2. The van der Waals surface area contributed by atoms with Gasteiger partial charge in [0.25, 0.3) is 0 Å². The van der Waals surface area contributed by atoms with Crippen LogP contribution in [-0.4, -0.2) is 22.5 Å². The molecule has 0 unspecified atom stereocenters. The van der Waals surface area contributed by atoms with Gasteiger partial charge in [0.05, 0.1) is 13.1 Å². The first-order chi connectivity index (χ1) is 9.67. The maximum Gasteiger partial charge on any atom is 0.192 e. The highest BCUT2D eigenvalue weighted by atomic mass is 127. The first kappa shape index (κ1) is 18.3. The number of hydrogen-bond acceptors (Lipinski definition) is 5. The number of nitrogens with zero attached hydrogens (tertiary/aromatic N) is 3. The second-order valence-electron chi connectivity index (χ2n) is 4.28. The minimum Gasteiger partial charge on any atom is -0.357 e. The molecule has 21 heavy (non-hydrogen) atoms. The van der Waals surface area contributed by atoms with Crippen LogP contribution < -0.4 is 10.6 Å². The lowest BCUT2D eigenvalue weighted by molar-refractivity contribution is 0.810. The number of guanidine groups is 1. The average molecular weight is 437 g/mol. The van der Waals surface area contributed by atoms with E-state index in [-0.39, 0.29) is 24.0 Å². The molecule has 0 atom stereocenters. The molecule has 8 heteroatoms. The topological polar surface area (TPSA) is 62.2 Å². The third-order valence-electron chi connectivity index (χ3n) is 2.46. The number of aromatic nitrogens is 2. The summed E-state index contributed by atoms with van der Waals surface area (Å²) in [5.74, 6) is 0.799. The van der Waals surface area contributed by atoms with E-state index >= 15 is 0 Å². The fourth-order valence-corrected chi connectivity index (χ4v) is 3.04. The Hall–Kier alpha value is -0.740. The summed E-state index contributed by atoms with van der Waals surface area (Å²) < 4.78 is 0. The largest absolute Gasteiger partial charge is 0.357 e. The van der Waals surface area contributed by atoms with Crippen LogP contribution in [0.15, 0.2) is 17.4 Å². The molecule has 0 spiro atoms. The van der Waals surface area contributed by atoms with Gasteiger partial charge < -0.3 is 10.6 Å². The van der Waals surface area contributed by atoms with Crippen molar-refractivity contribution in [3.8, 4) is 0 Å². The molecule has 5 nitrogen and oxygen atoms in total. The van der Waals surface area contributed by atoms with Crippen molar-refractivity contribution in [1.29, 1.82) is 0 Å². The number of aliphatic imine (C=N–C) groups is 1. The van der Waals surface area contributed by atoms with Crippen molar-refractivity contribution in [2.45, 2.75) is 33.9 Å². The van der Waals surface area contributed by atoms with Crippen LogP contribution in [0.3, 0.4) is 0 Å². The third-order valence-corrected chi connectivity index (χ3v) is 4.27. The van der Waals surface area contributed by atoms with Crippen LogP contribution >= 0.6 is 46.7 Å². The highest BCUT2D eigenvalue weighted by Crippen LogP contribution is 2.12. The summed E-state index contributed by atoms with van der Waals surface area (Å²) in [7, 11) is 0. The lowest BCUT2D eigenvalue weighted by atomic mass is 10.6. The molecule has 0 radical (unpaired) electrons. The van der Waals surface area contributed by atoms with E-state index in [1.54, 1.807) is 22.7 Å². The van der Waals surface area contributed by atoms with Crippen LogP contribution in [0.25, 0.3) is 0 Å². The maximum atomic E-state index is 4.54. The normalized spacial score (nSPS) is 11.1. The van der Waals surface area contributed by atoms with E-state index in [0.29, 0.717) is 13.1 Å². The Labute approximate surface area is 150 Å². The van der Waals surface area contributed by atoms with Gasteiger partial charge >= 0.3 is 0 Å². The fraction of sp³-hybridized carbons (Fsp3) is 0.462. The van der Waals surface area contributed by atoms with Gasteiger partial charge in [-0.25, -0.2) is 15.0 Å². The van der Waals surface area contributed by atoms with Gasteiger partial charge in [0.15, 0.2) is 5.96 Å². The van der Waals surface area contributed by atoms with E-state index in [9.17, 15) is 0 Å². The summed E-state index contributed by atoms with van der Waals surface area (Å²) in [4.78, 5) is 15.6. The highest BCUT2D eigenvalue weighted by Gasteiger charge is 2.02. The second kappa shape index (κ2) is 9.31. The van der Waals surface area contributed by atoms with Gasteiger partial charge in [-0.3, -0.25) is 0 Å². The predicted molar refractivity (Wildman–Crippen MR) is 101 cm³/mol. The van der Waals surface area contributed by atoms with Crippen LogP contribution in [0, 0.1) is 13.8 Å². The first-order valence-corrected chi connectivity index (χ1v) is 8.15. The zero-order valence-electron chi connectivity index (χ0n) is 12.3. The average Bonchev–Trinajstić information content (AvgIpc) is 3.02. The standard InChI is InChI=1S/C13H19N5S2.HI/c1-4-14-13(17-7-11-15-5-9(2)19-11)18-8-12-16-6-10(3)20-12;/h5-6H,4,7-8H2,1-3H3,(H2,14,17,18);1H. The molecule has 2 aromatic rings. The van der Waals surface area contributed by atoms with Crippen molar-refractivity contribution >= 4 is 52.6 Å². The quantitative estimate of drug-likeness (QED) is 0.429. The maximum absolute atomic E-state index is 4.54. The van der Waals surface area contributed by atoms with Crippen LogP contribution in [-0.2, 0) is 13.1 Å². The fourth-order valence-electron chi connectivity index (χ4n) is 1.61. The summed E-state index contributed by atoms with van der Waals surface area (Å²) in [6.07, 6.45) is 3.78. The van der Waals surface area contributed by atoms with Gasteiger partial charge in [0.1, 0.15) is 10.0 Å². The second-order valence-corrected chi connectivity index (χ2v) is 6.92. The summed E-state index contributed by atoms with van der Waals surface area (Å²) in [6.45, 7) is 8.30. The van der Waals surface area contributed by atoms with E-state index in [1.165, 1.54) is 9.75 Å². The lowest BCUT2D eigenvalue weighted by Crippen LogP contribution is -2.36. The van der Waals surface area contributed by atoms with Gasteiger partial charge in [-0.15, -0.1) is 46.7 Å². The van der Waals surface area contributed by atoms with E-state index in [1.807, 2.05) is 12.4 Å². The molecule has 116 valence electrons. The Morgan fingerprint density at radius 2 is 1.71 bits per heavy atom. The lowest BCUT2D eigenvalue weighted by Gasteiger charge is -2.09. The van der Waals surface area contributed by atoms with Crippen molar-refractivity contribution in [3.05, 3.63) is 32.2 Å². The van der Waals surface area contributed by atoms with Gasteiger partial charge in [0, 0.05) is 28.7 Å². The zero-order chi connectivity index (χ0) is 14.4. The Balaban J connectivity index is 0.00000220. The minimum absolute atomic E-state index is 0. The predicted octanol–water partition coefficient (Wildman–Crippen LogP) is 3.09. The van der Waals surface area contributed by atoms with E-state index in [2.05, 4.69) is 46.4 Å². The van der Waals surface area contributed by atoms with Crippen LogP contribution in [0.5, 0.6) is 0 Å². The summed E-state index contributed by atoms with van der Waals surface area (Å²) >= 11 is 3.38. The van der Waals surface area contributed by atoms with E-state index in [4.69, 9.17) is 0 Å². The highest BCUT2D eigenvalue weighted by molar-refractivity contribution is 14.0. The molecule has 0 aliphatic rings. The van der Waals surface area contributed by atoms with Crippen molar-refractivity contribution in [2.24, 2.45) is 4.99 Å². The van der Waals surface area contributed by atoms with Gasteiger partial charge in [0.2, 0.25) is 0 Å². The Bertz CT molecular complexity index is 579. The van der Waals surface area contributed by atoms with Crippen LogP contribution in [0.2, 0.25) is 0 Å². The number of rotatable bonds is 5. The van der Waals surface area contributed by atoms with Crippen molar-refractivity contribution in [1.82, 2.24) is 20.6 Å². The zero-order valence-corrected chi connectivity index (χ0v) is 16.3. The summed E-state index contributed by atoms with van der Waals surface area (Å²) in [6, 6.07) is 0. The Morgan fingerprint density at radius 1 is 1.10 bits per heavy atom.